The molecule has 0 fully saturated rings. The standard InChI is InChI=1S/C9H12O3/c1-6-8(11-2)4-7(10)5-9(6)12-3/h4-5,10H,1-3H3. The fourth-order valence-corrected chi connectivity index (χ4v) is 1.07. The van der Waals surface area contributed by atoms with Gasteiger partial charge in [0.2, 0.25) is 0 Å². The fourth-order valence-electron chi connectivity index (χ4n) is 1.07. The second kappa shape index (κ2) is 3.34. The SMILES string of the molecule is COc1cc(O)cc(OC)c1C. The summed E-state index contributed by atoms with van der Waals surface area (Å²) in [4.78, 5) is 0. The minimum Gasteiger partial charge on any atom is -0.508 e. The molecule has 0 aliphatic rings. The molecule has 0 aliphatic heterocycles. The summed E-state index contributed by atoms with van der Waals surface area (Å²) >= 11 is 0. The van der Waals surface area contributed by atoms with E-state index in [-0.39, 0.29) is 5.75 Å². The van der Waals surface area contributed by atoms with E-state index in [0.717, 1.165) is 5.56 Å². The number of benzene rings is 1. The molecule has 0 spiro atoms. The topological polar surface area (TPSA) is 38.7 Å². The maximum absolute atomic E-state index is 9.22. The molecule has 0 heterocycles. The number of hydrogen-bond acceptors (Lipinski definition) is 3. The van der Waals surface area contributed by atoms with Gasteiger partial charge < -0.3 is 14.6 Å². The van der Waals surface area contributed by atoms with Crippen LogP contribution >= 0.6 is 0 Å². The van der Waals surface area contributed by atoms with Crippen molar-refractivity contribution in [3.05, 3.63) is 17.7 Å². The molecule has 1 aromatic carbocycles. The van der Waals surface area contributed by atoms with Crippen molar-refractivity contribution in [3.63, 3.8) is 0 Å². The summed E-state index contributed by atoms with van der Waals surface area (Å²) in [7, 11) is 3.11. The number of phenols is 1. The lowest BCUT2D eigenvalue weighted by atomic mass is 10.2. The van der Waals surface area contributed by atoms with Gasteiger partial charge in [-0.2, -0.15) is 0 Å². The molecule has 0 aliphatic carbocycles. The molecule has 0 saturated heterocycles. The summed E-state index contributed by atoms with van der Waals surface area (Å²) in [6.45, 7) is 1.87. The zero-order valence-corrected chi connectivity index (χ0v) is 7.42. The number of aromatic hydroxyl groups is 1. The van der Waals surface area contributed by atoms with Crippen LogP contribution in [0.3, 0.4) is 0 Å². The van der Waals surface area contributed by atoms with Crippen molar-refractivity contribution in [3.8, 4) is 17.2 Å². The van der Waals surface area contributed by atoms with E-state index in [1.807, 2.05) is 6.92 Å². The highest BCUT2D eigenvalue weighted by Crippen LogP contribution is 2.32. The van der Waals surface area contributed by atoms with Crippen LogP contribution in [-0.2, 0) is 0 Å². The molecular weight excluding hydrogens is 156 g/mol. The Bertz CT molecular complexity index is 256. The molecular formula is C9H12O3. The number of phenolic OH excluding ortho intramolecular Hbond substituents is 1. The largest absolute Gasteiger partial charge is 0.508 e. The van der Waals surface area contributed by atoms with Crippen molar-refractivity contribution in [2.45, 2.75) is 6.92 Å². The van der Waals surface area contributed by atoms with Crippen LogP contribution in [0.1, 0.15) is 5.56 Å². The van der Waals surface area contributed by atoms with Gasteiger partial charge in [-0.1, -0.05) is 0 Å². The summed E-state index contributed by atoms with van der Waals surface area (Å²) in [6, 6.07) is 3.11. The number of hydrogen-bond donors (Lipinski definition) is 1. The van der Waals surface area contributed by atoms with Crippen LogP contribution in [0.2, 0.25) is 0 Å². The lowest BCUT2D eigenvalue weighted by molar-refractivity contribution is 0.380. The summed E-state index contributed by atoms with van der Waals surface area (Å²) in [5.74, 6) is 1.41. The molecule has 0 atom stereocenters. The van der Waals surface area contributed by atoms with E-state index in [1.165, 1.54) is 0 Å². The first kappa shape index (κ1) is 8.71. The van der Waals surface area contributed by atoms with Gasteiger partial charge in [0.1, 0.15) is 17.2 Å². The highest BCUT2D eigenvalue weighted by Gasteiger charge is 2.06. The second-order valence-electron chi connectivity index (χ2n) is 2.48. The molecule has 1 aromatic rings. The van der Waals surface area contributed by atoms with E-state index < -0.39 is 0 Å². The number of ether oxygens (including phenoxy) is 2. The quantitative estimate of drug-likeness (QED) is 0.730. The Morgan fingerprint density at radius 3 is 1.83 bits per heavy atom. The van der Waals surface area contributed by atoms with Crippen LogP contribution in [-0.4, -0.2) is 19.3 Å². The minimum absolute atomic E-state index is 0.148. The van der Waals surface area contributed by atoms with E-state index >= 15 is 0 Å². The van der Waals surface area contributed by atoms with Gasteiger partial charge >= 0.3 is 0 Å². The van der Waals surface area contributed by atoms with Gasteiger partial charge in [0, 0.05) is 17.7 Å². The summed E-state index contributed by atoms with van der Waals surface area (Å²) in [5, 5.41) is 9.22. The van der Waals surface area contributed by atoms with E-state index in [2.05, 4.69) is 0 Å². The lowest BCUT2D eigenvalue weighted by Crippen LogP contribution is -1.91. The second-order valence-corrected chi connectivity index (χ2v) is 2.48. The van der Waals surface area contributed by atoms with E-state index in [1.54, 1.807) is 26.4 Å². The van der Waals surface area contributed by atoms with E-state index in [9.17, 15) is 5.11 Å². The first-order valence-electron chi connectivity index (χ1n) is 3.60. The zero-order chi connectivity index (χ0) is 9.14. The summed E-state index contributed by atoms with van der Waals surface area (Å²) in [5.41, 5.74) is 0.887. The Labute approximate surface area is 71.5 Å². The molecule has 0 unspecified atom stereocenters. The molecule has 12 heavy (non-hydrogen) atoms. The summed E-state index contributed by atoms with van der Waals surface area (Å²) in [6.07, 6.45) is 0. The van der Waals surface area contributed by atoms with Crippen molar-refractivity contribution >= 4 is 0 Å². The molecule has 3 nitrogen and oxygen atoms in total. The molecule has 0 bridgehead atoms. The van der Waals surface area contributed by atoms with Crippen LogP contribution in [0.15, 0.2) is 12.1 Å². The molecule has 66 valence electrons. The van der Waals surface area contributed by atoms with E-state index in [0.29, 0.717) is 11.5 Å². The van der Waals surface area contributed by atoms with Crippen LogP contribution in [0.5, 0.6) is 17.2 Å². The Hall–Kier alpha value is -1.38. The third kappa shape index (κ3) is 1.44. The van der Waals surface area contributed by atoms with Gasteiger partial charge in [-0.25, -0.2) is 0 Å². The maximum Gasteiger partial charge on any atom is 0.129 e. The van der Waals surface area contributed by atoms with Crippen molar-refractivity contribution in [2.75, 3.05) is 14.2 Å². The molecule has 0 radical (unpaired) electrons. The average Bonchev–Trinajstić information content (AvgIpc) is 2.08. The first-order valence-corrected chi connectivity index (χ1v) is 3.60. The molecule has 0 saturated carbocycles. The van der Waals surface area contributed by atoms with Gasteiger partial charge in [0.25, 0.3) is 0 Å². The minimum atomic E-state index is 0.148. The molecule has 3 heteroatoms. The Morgan fingerprint density at radius 2 is 1.50 bits per heavy atom. The van der Waals surface area contributed by atoms with Crippen LogP contribution < -0.4 is 9.47 Å². The monoisotopic (exact) mass is 168 g/mol. The van der Waals surface area contributed by atoms with Gasteiger partial charge in [0.15, 0.2) is 0 Å². The third-order valence-electron chi connectivity index (χ3n) is 1.74. The summed E-state index contributed by atoms with van der Waals surface area (Å²) < 4.78 is 10.1. The van der Waals surface area contributed by atoms with Crippen molar-refractivity contribution < 1.29 is 14.6 Å². The van der Waals surface area contributed by atoms with E-state index in [4.69, 9.17) is 9.47 Å². The van der Waals surface area contributed by atoms with Crippen LogP contribution in [0.25, 0.3) is 0 Å². The highest BCUT2D eigenvalue weighted by atomic mass is 16.5. The first-order chi connectivity index (χ1) is 5.69. The van der Waals surface area contributed by atoms with Gasteiger partial charge in [-0.05, 0) is 6.92 Å². The Morgan fingerprint density at radius 1 is 1.08 bits per heavy atom. The third-order valence-corrected chi connectivity index (χ3v) is 1.74. The van der Waals surface area contributed by atoms with Crippen molar-refractivity contribution in [2.24, 2.45) is 0 Å². The van der Waals surface area contributed by atoms with Gasteiger partial charge in [-0.15, -0.1) is 0 Å². The molecule has 0 amide bonds. The van der Waals surface area contributed by atoms with Crippen molar-refractivity contribution in [1.82, 2.24) is 0 Å². The van der Waals surface area contributed by atoms with Gasteiger partial charge in [0.05, 0.1) is 14.2 Å². The van der Waals surface area contributed by atoms with Crippen LogP contribution in [0.4, 0.5) is 0 Å². The van der Waals surface area contributed by atoms with Crippen molar-refractivity contribution in [1.29, 1.82) is 0 Å². The lowest BCUT2D eigenvalue weighted by Gasteiger charge is -2.09. The Balaban J connectivity index is 3.22. The number of methoxy groups -OCH3 is 2. The predicted octanol–water partition coefficient (Wildman–Crippen LogP) is 1.72. The highest BCUT2D eigenvalue weighted by molar-refractivity contribution is 5.49. The Kier molecular flexibility index (Phi) is 2.43. The fraction of sp³-hybridized carbons (Fsp3) is 0.333. The zero-order valence-electron chi connectivity index (χ0n) is 7.42. The smallest absolute Gasteiger partial charge is 0.129 e. The normalized spacial score (nSPS) is 9.58. The molecule has 0 aromatic heterocycles. The molecule has 1 rings (SSSR count). The predicted molar refractivity (Wildman–Crippen MR) is 45.9 cm³/mol. The van der Waals surface area contributed by atoms with Crippen LogP contribution in [0, 0.1) is 6.92 Å². The average molecular weight is 168 g/mol. The number of rotatable bonds is 2. The van der Waals surface area contributed by atoms with Gasteiger partial charge in [-0.3, -0.25) is 0 Å². The maximum atomic E-state index is 9.22. The molecule has 1 N–H and O–H groups in total.